The van der Waals surface area contributed by atoms with Crippen LogP contribution < -0.4 is 10.1 Å². The Morgan fingerprint density at radius 3 is 2.73 bits per heavy atom. The number of H-pyrrole nitrogens is 1. The molecule has 1 heterocycles. The zero-order valence-corrected chi connectivity index (χ0v) is 21.2. The van der Waals surface area contributed by atoms with Gasteiger partial charge in [0.25, 0.3) is 0 Å². The van der Waals surface area contributed by atoms with E-state index in [1.54, 1.807) is 13.2 Å². The maximum Gasteiger partial charge on any atom is 0.224 e. The molecule has 37 heavy (non-hydrogen) atoms. The van der Waals surface area contributed by atoms with Crippen molar-refractivity contribution in [2.45, 2.75) is 57.4 Å². The van der Waals surface area contributed by atoms with Crippen molar-refractivity contribution in [1.29, 1.82) is 5.26 Å². The first-order valence-corrected chi connectivity index (χ1v) is 12.9. The number of nitrogens with zero attached hydrogens (tertiary/aromatic N) is 1. The summed E-state index contributed by atoms with van der Waals surface area (Å²) in [4.78, 5) is 42.4. The van der Waals surface area contributed by atoms with Crippen LogP contribution in [0.5, 0.6) is 5.75 Å². The Morgan fingerprint density at radius 1 is 1.19 bits per heavy atom. The van der Waals surface area contributed by atoms with E-state index in [9.17, 15) is 19.6 Å². The van der Waals surface area contributed by atoms with Crippen molar-refractivity contribution in [3.05, 3.63) is 64.8 Å². The Hall–Kier alpha value is -3.92. The maximum atomic E-state index is 13.3. The third-order valence-corrected chi connectivity index (χ3v) is 7.63. The van der Waals surface area contributed by atoms with Gasteiger partial charge in [-0.1, -0.05) is 42.7 Å². The summed E-state index contributed by atoms with van der Waals surface area (Å²) in [6.45, 7) is 1.99. The van der Waals surface area contributed by atoms with E-state index < -0.39 is 17.9 Å². The molecule has 2 aromatic carbocycles. The molecule has 2 aliphatic carbocycles. The maximum absolute atomic E-state index is 13.3. The number of aryl methyl sites for hydroxylation is 1. The average Bonchev–Trinajstić information content (AvgIpc) is 3.50. The van der Waals surface area contributed by atoms with E-state index in [1.165, 1.54) is 0 Å². The second-order valence-electron chi connectivity index (χ2n) is 10.4. The fourth-order valence-electron chi connectivity index (χ4n) is 5.47. The molecule has 3 aromatic rings. The molecule has 0 bridgehead atoms. The van der Waals surface area contributed by atoms with Gasteiger partial charge in [0.05, 0.1) is 18.9 Å². The number of nitriles is 1. The largest absolute Gasteiger partial charge is 0.496 e. The van der Waals surface area contributed by atoms with Crippen LogP contribution >= 0.6 is 0 Å². The van der Waals surface area contributed by atoms with Gasteiger partial charge in [0.2, 0.25) is 5.91 Å². The molecule has 1 fully saturated rings. The molecule has 1 saturated carbocycles. The normalized spacial score (nSPS) is 18.2. The molecule has 0 spiro atoms. The molecule has 7 heteroatoms. The lowest BCUT2D eigenvalue weighted by Crippen LogP contribution is -2.40. The molecule has 3 atom stereocenters. The number of Topliss-reactive ketones (excluding diaryl/α,β-unsaturated/α-hetero) is 2. The minimum atomic E-state index is -0.803. The lowest BCUT2D eigenvalue weighted by Gasteiger charge is -2.20. The Balaban J connectivity index is 1.29. The van der Waals surface area contributed by atoms with E-state index in [0.29, 0.717) is 30.2 Å². The van der Waals surface area contributed by atoms with Crippen LogP contribution in [-0.4, -0.2) is 35.6 Å². The summed E-state index contributed by atoms with van der Waals surface area (Å²) in [6, 6.07) is 14.7. The number of aromatic nitrogens is 1. The zero-order valence-electron chi connectivity index (χ0n) is 21.2. The molecule has 190 valence electrons. The number of ether oxygens (including phenoxy) is 1. The third-order valence-electron chi connectivity index (χ3n) is 7.63. The van der Waals surface area contributed by atoms with Crippen LogP contribution in [0.15, 0.2) is 42.5 Å². The summed E-state index contributed by atoms with van der Waals surface area (Å²) in [5.74, 6) is -0.191. The quantitative estimate of drug-likeness (QED) is 0.392. The first kappa shape index (κ1) is 24.8. The van der Waals surface area contributed by atoms with Gasteiger partial charge in [-0.25, -0.2) is 0 Å². The van der Waals surface area contributed by atoms with Crippen LogP contribution in [0.25, 0.3) is 10.9 Å². The Bertz CT molecular complexity index is 1410. The van der Waals surface area contributed by atoms with Crippen molar-refractivity contribution >= 4 is 28.4 Å². The van der Waals surface area contributed by atoms with Gasteiger partial charge in [0.1, 0.15) is 17.6 Å². The highest BCUT2D eigenvalue weighted by Crippen LogP contribution is 2.38. The number of carbonyl (C=O) groups is 3. The molecular weight excluding hydrogens is 466 g/mol. The molecule has 2 aliphatic rings. The number of methoxy groups -OCH3 is 1. The van der Waals surface area contributed by atoms with Crippen molar-refractivity contribution < 1.29 is 19.1 Å². The summed E-state index contributed by atoms with van der Waals surface area (Å²) < 4.78 is 5.40. The SMILES string of the molecule is COc1cccc2[nH]c(C(=O)C[C@@H](CC3CC3)C(=O)N[C@H](C#N)C[C@H]3C(=O)Cc4cc(C)ccc43)cc12. The Labute approximate surface area is 216 Å². The number of ketones is 2. The second-order valence-corrected chi connectivity index (χ2v) is 10.4. The van der Waals surface area contributed by atoms with E-state index in [4.69, 9.17) is 4.74 Å². The van der Waals surface area contributed by atoms with Crippen molar-refractivity contribution in [2.24, 2.45) is 11.8 Å². The van der Waals surface area contributed by atoms with Crippen LogP contribution in [0.1, 0.15) is 65.2 Å². The second kappa shape index (κ2) is 10.2. The summed E-state index contributed by atoms with van der Waals surface area (Å²) in [6.07, 6.45) is 3.38. The Kier molecular flexibility index (Phi) is 6.84. The van der Waals surface area contributed by atoms with Gasteiger partial charge in [0.15, 0.2) is 5.78 Å². The lowest BCUT2D eigenvalue weighted by atomic mass is 9.91. The number of fused-ring (bicyclic) bond motifs is 2. The number of hydrogen-bond donors (Lipinski definition) is 2. The van der Waals surface area contributed by atoms with Crippen molar-refractivity contribution in [3.63, 3.8) is 0 Å². The number of nitrogens with one attached hydrogen (secondary N) is 2. The number of aromatic amines is 1. The summed E-state index contributed by atoms with van der Waals surface area (Å²) in [5.41, 5.74) is 4.29. The molecule has 0 radical (unpaired) electrons. The van der Waals surface area contributed by atoms with Crippen LogP contribution in [0.3, 0.4) is 0 Å². The van der Waals surface area contributed by atoms with Gasteiger partial charge in [-0.3, -0.25) is 14.4 Å². The Morgan fingerprint density at radius 2 is 2.00 bits per heavy atom. The summed E-state index contributed by atoms with van der Waals surface area (Å²) in [5, 5.41) is 13.5. The molecule has 7 nitrogen and oxygen atoms in total. The molecule has 1 amide bonds. The molecule has 2 N–H and O–H groups in total. The van der Waals surface area contributed by atoms with Gasteiger partial charge in [-0.2, -0.15) is 5.26 Å². The van der Waals surface area contributed by atoms with Crippen LogP contribution in [0, 0.1) is 30.1 Å². The zero-order chi connectivity index (χ0) is 26.1. The molecule has 0 unspecified atom stereocenters. The molecule has 5 rings (SSSR count). The molecule has 1 aromatic heterocycles. The highest BCUT2D eigenvalue weighted by atomic mass is 16.5. The first-order chi connectivity index (χ1) is 17.9. The topological polar surface area (TPSA) is 112 Å². The van der Waals surface area contributed by atoms with E-state index in [-0.39, 0.29) is 30.3 Å². The van der Waals surface area contributed by atoms with Crippen molar-refractivity contribution in [1.82, 2.24) is 10.3 Å². The third kappa shape index (κ3) is 5.29. The minimum Gasteiger partial charge on any atom is -0.496 e. The van der Waals surface area contributed by atoms with Crippen molar-refractivity contribution in [2.75, 3.05) is 7.11 Å². The predicted molar refractivity (Wildman–Crippen MR) is 139 cm³/mol. The summed E-state index contributed by atoms with van der Waals surface area (Å²) >= 11 is 0. The number of rotatable bonds is 10. The summed E-state index contributed by atoms with van der Waals surface area (Å²) in [7, 11) is 1.59. The van der Waals surface area contributed by atoms with Crippen LogP contribution in [0.4, 0.5) is 0 Å². The number of benzene rings is 2. The highest BCUT2D eigenvalue weighted by molar-refractivity contribution is 6.02. The van der Waals surface area contributed by atoms with Gasteiger partial charge in [0, 0.05) is 35.6 Å². The van der Waals surface area contributed by atoms with E-state index in [2.05, 4.69) is 16.4 Å². The predicted octanol–water partition coefficient (Wildman–Crippen LogP) is 4.78. The lowest BCUT2D eigenvalue weighted by molar-refractivity contribution is -0.126. The van der Waals surface area contributed by atoms with Crippen molar-refractivity contribution in [3.8, 4) is 11.8 Å². The fraction of sp³-hybridized carbons (Fsp3) is 0.400. The first-order valence-electron chi connectivity index (χ1n) is 12.9. The standard InChI is InChI=1S/C30H31N3O4/c1-17-6-9-22-19(10-17)12-27(34)23(22)14-21(16-31)32-30(36)20(11-18-7-8-18)13-28(35)26-15-24-25(33-26)4-3-5-29(24)37-2/h3-6,9-10,15,18,20-21,23,33H,7-8,11-14H2,1-2H3,(H,32,36)/t20-,21+,23-/m1/s1. The van der Waals surface area contributed by atoms with E-state index >= 15 is 0 Å². The number of hydrogen-bond acceptors (Lipinski definition) is 5. The van der Waals surface area contributed by atoms with Gasteiger partial charge < -0.3 is 15.0 Å². The monoisotopic (exact) mass is 497 g/mol. The molecule has 0 saturated heterocycles. The average molecular weight is 498 g/mol. The van der Waals surface area contributed by atoms with E-state index in [0.717, 1.165) is 40.4 Å². The van der Waals surface area contributed by atoms with Gasteiger partial charge >= 0.3 is 0 Å². The number of amides is 1. The van der Waals surface area contributed by atoms with Gasteiger partial charge in [-0.05, 0) is 55.0 Å². The highest BCUT2D eigenvalue weighted by Gasteiger charge is 2.35. The molecular formula is C30H31N3O4. The number of carbonyl (C=O) groups excluding carboxylic acids is 3. The smallest absolute Gasteiger partial charge is 0.224 e. The van der Waals surface area contributed by atoms with Crippen LogP contribution in [-0.2, 0) is 16.0 Å². The molecule has 0 aliphatic heterocycles. The van der Waals surface area contributed by atoms with Gasteiger partial charge in [-0.15, -0.1) is 0 Å². The van der Waals surface area contributed by atoms with Crippen LogP contribution in [0.2, 0.25) is 0 Å². The fourth-order valence-corrected chi connectivity index (χ4v) is 5.47. The minimum absolute atomic E-state index is 0.0556. The van der Waals surface area contributed by atoms with E-state index in [1.807, 2.05) is 43.3 Å².